The highest BCUT2D eigenvalue weighted by atomic mass is 35.5. The molecule has 1 amide bonds. The van der Waals surface area contributed by atoms with Gasteiger partial charge in [0.15, 0.2) is 0 Å². The molecule has 0 saturated heterocycles. The largest absolute Gasteiger partial charge is 0.462 e. The van der Waals surface area contributed by atoms with E-state index >= 15 is 0 Å². The molecule has 0 radical (unpaired) electrons. The first kappa shape index (κ1) is 22.3. The van der Waals surface area contributed by atoms with E-state index in [1.165, 1.54) is 42.5 Å². The summed E-state index contributed by atoms with van der Waals surface area (Å²) < 4.78 is 32.3. The molecule has 3 aromatic rings. The number of ether oxygens (including phenoxy) is 1. The maximum atomic E-state index is 12.6. The molecule has 3 rings (SSSR count). The predicted molar refractivity (Wildman–Crippen MR) is 119 cm³/mol. The number of hydrogen-bond donors (Lipinski definition) is 2. The highest BCUT2D eigenvalue weighted by Crippen LogP contribution is 2.25. The van der Waals surface area contributed by atoms with Gasteiger partial charge in [-0.15, -0.1) is 0 Å². The number of halogens is 1. The van der Waals surface area contributed by atoms with Crippen molar-refractivity contribution in [1.82, 2.24) is 0 Å². The van der Waals surface area contributed by atoms with Crippen molar-refractivity contribution < 1.29 is 22.7 Å². The Morgan fingerprint density at radius 1 is 0.935 bits per heavy atom. The number of carbonyl (C=O) groups is 2. The number of carbonyl (C=O) groups excluding carboxylic acids is 2. The van der Waals surface area contributed by atoms with Gasteiger partial charge in [-0.2, -0.15) is 0 Å². The highest BCUT2D eigenvalue weighted by Gasteiger charge is 2.16. The molecule has 9 heteroatoms. The summed E-state index contributed by atoms with van der Waals surface area (Å²) in [6.45, 7) is 1.93. The van der Waals surface area contributed by atoms with E-state index in [-0.39, 0.29) is 33.3 Å². The van der Waals surface area contributed by atoms with Gasteiger partial charge in [0.25, 0.3) is 15.9 Å². The van der Waals surface area contributed by atoms with E-state index in [0.717, 1.165) is 0 Å². The van der Waals surface area contributed by atoms with E-state index in [2.05, 4.69) is 10.0 Å². The van der Waals surface area contributed by atoms with Gasteiger partial charge >= 0.3 is 5.97 Å². The fraction of sp³-hybridized carbons (Fsp3) is 0.0909. The second-order valence-corrected chi connectivity index (χ2v) is 8.46. The number of hydrogen-bond acceptors (Lipinski definition) is 5. The van der Waals surface area contributed by atoms with Crippen LogP contribution in [0.1, 0.15) is 27.6 Å². The molecule has 0 aliphatic carbocycles. The van der Waals surface area contributed by atoms with Gasteiger partial charge in [0, 0.05) is 11.3 Å². The molecule has 0 fully saturated rings. The standard InChI is InChI=1S/C22H19ClN2O5S/c1-2-30-22(27)16-11-12-20(19(23)14-16)24-21(26)15-7-6-8-17(13-15)25-31(28,29)18-9-4-3-5-10-18/h3-14,25H,2H2,1H3,(H,24,26). The van der Waals surface area contributed by atoms with Crippen LogP contribution in [0.25, 0.3) is 0 Å². The SMILES string of the molecule is CCOC(=O)c1ccc(NC(=O)c2cccc(NS(=O)(=O)c3ccccc3)c2)c(Cl)c1. The lowest BCUT2D eigenvalue weighted by Crippen LogP contribution is -2.15. The maximum Gasteiger partial charge on any atom is 0.338 e. The van der Waals surface area contributed by atoms with Crippen LogP contribution in [0.3, 0.4) is 0 Å². The Labute approximate surface area is 185 Å². The van der Waals surface area contributed by atoms with Crippen molar-refractivity contribution in [3.8, 4) is 0 Å². The minimum atomic E-state index is -3.79. The van der Waals surface area contributed by atoms with Gasteiger partial charge in [0.1, 0.15) is 0 Å². The minimum absolute atomic E-state index is 0.110. The van der Waals surface area contributed by atoms with Gasteiger partial charge in [0.2, 0.25) is 0 Å². The van der Waals surface area contributed by atoms with Crippen molar-refractivity contribution in [2.45, 2.75) is 11.8 Å². The Kier molecular flexibility index (Phi) is 6.94. The number of benzene rings is 3. The third-order valence-electron chi connectivity index (χ3n) is 4.16. The van der Waals surface area contributed by atoms with Crippen LogP contribution in [0.5, 0.6) is 0 Å². The van der Waals surface area contributed by atoms with Crippen molar-refractivity contribution in [2.75, 3.05) is 16.6 Å². The predicted octanol–water partition coefficient (Wildman–Crippen LogP) is 4.57. The summed E-state index contributed by atoms with van der Waals surface area (Å²) in [6, 6.07) is 18.3. The second-order valence-electron chi connectivity index (χ2n) is 6.37. The molecule has 0 atom stereocenters. The van der Waals surface area contributed by atoms with E-state index in [1.807, 2.05) is 0 Å². The monoisotopic (exact) mass is 458 g/mol. The van der Waals surface area contributed by atoms with Crippen molar-refractivity contribution in [3.63, 3.8) is 0 Å². The molecule has 0 bridgehead atoms. The number of anilines is 2. The molecule has 0 heterocycles. The Hall–Kier alpha value is -3.36. The first-order chi connectivity index (χ1) is 14.8. The van der Waals surface area contributed by atoms with Gasteiger partial charge < -0.3 is 10.1 Å². The van der Waals surface area contributed by atoms with E-state index in [4.69, 9.17) is 16.3 Å². The summed E-state index contributed by atoms with van der Waals surface area (Å²) in [5.41, 5.74) is 1.02. The maximum absolute atomic E-state index is 12.6. The van der Waals surface area contributed by atoms with Gasteiger partial charge in [-0.25, -0.2) is 13.2 Å². The lowest BCUT2D eigenvalue weighted by molar-refractivity contribution is 0.0526. The minimum Gasteiger partial charge on any atom is -0.462 e. The van der Waals surface area contributed by atoms with Gasteiger partial charge in [0.05, 0.1) is 27.8 Å². The quantitative estimate of drug-likeness (QED) is 0.505. The van der Waals surface area contributed by atoms with Crippen LogP contribution in [0, 0.1) is 0 Å². The molecule has 31 heavy (non-hydrogen) atoms. The molecular weight excluding hydrogens is 440 g/mol. The average Bonchev–Trinajstić information content (AvgIpc) is 2.75. The zero-order chi connectivity index (χ0) is 22.4. The number of sulfonamides is 1. The van der Waals surface area contributed by atoms with Crippen LogP contribution in [-0.4, -0.2) is 26.9 Å². The average molecular weight is 459 g/mol. The van der Waals surface area contributed by atoms with E-state index < -0.39 is 21.9 Å². The van der Waals surface area contributed by atoms with Crippen molar-refractivity contribution >= 4 is 44.9 Å². The smallest absolute Gasteiger partial charge is 0.338 e. The third kappa shape index (κ3) is 5.62. The fourth-order valence-electron chi connectivity index (χ4n) is 2.69. The first-order valence-electron chi connectivity index (χ1n) is 9.26. The van der Waals surface area contributed by atoms with Gasteiger partial charge in [-0.1, -0.05) is 35.9 Å². The molecule has 7 nitrogen and oxygen atoms in total. The number of esters is 1. The zero-order valence-corrected chi connectivity index (χ0v) is 18.0. The summed E-state index contributed by atoms with van der Waals surface area (Å²) in [4.78, 5) is 24.5. The Bertz CT molecular complexity index is 1210. The molecule has 3 aromatic carbocycles. The third-order valence-corrected chi connectivity index (χ3v) is 5.87. The topological polar surface area (TPSA) is 102 Å². The zero-order valence-electron chi connectivity index (χ0n) is 16.5. The van der Waals surface area contributed by atoms with Crippen LogP contribution in [0.15, 0.2) is 77.7 Å². The number of nitrogens with one attached hydrogen (secondary N) is 2. The Morgan fingerprint density at radius 2 is 1.68 bits per heavy atom. The lowest BCUT2D eigenvalue weighted by atomic mass is 10.1. The van der Waals surface area contributed by atoms with Crippen molar-refractivity contribution in [2.24, 2.45) is 0 Å². The number of rotatable bonds is 7. The molecule has 0 aliphatic heterocycles. The molecule has 0 spiro atoms. The van der Waals surface area contributed by atoms with Crippen LogP contribution in [0.4, 0.5) is 11.4 Å². The van der Waals surface area contributed by atoms with E-state index in [0.29, 0.717) is 5.69 Å². The summed E-state index contributed by atoms with van der Waals surface area (Å²) in [7, 11) is -3.79. The highest BCUT2D eigenvalue weighted by molar-refractivity contribution is 7.92. The van der Waals surface area contributed by atoms with Crippen LogP contribution < -0.4 is 10.0 Å². The van der Waals surface area contributed by atoms with Crippen LogP contribution >= 0.6 is 11.6 Å². The lowest BCUT2D eigenvalue weighted by Gasteiger charge is -2.11. The first-order valence-corrected chi connectivity index (χ1v) is 11.1. The molecule has 0 aliphatic rings. The number of amides is 1. The fourth-order valence-corrected chi connectivity index (χ4v) is 3.99. The molecule has 160 valence electrons. The van der Waals surface area contributed by atoms with Crippen molar-refractivity contribution in [1.29, 1.82) is 0 Å². The molecule has 0 aromatic heterocycles. The van der Waals surface area contributed by atoms with E-state index in [1.54, 1.807) is 37.3 Å². The van der Waals surface area contributed by atoms with Crippen LogP contribution in [0.2, 0.25) is 5.02 Å². The molecular formula is C22H19ClN2O5S. The molecule has 0 unspecified atom stereocenters. The van der Waals surface area contributed by atoms with Crippen molar-refractivity contribution in [3.05, 3.63) is 88.9 Å². The summed E-state index contributed by atoms with van der Waals surface area (Å²) >= 11 is 6.18. The summed E-state index contributed by atoms with van der Waals surface area (Å²) in [5, 5.41) is 2.81. The molecule has 2 N–H and O–H groups in total. The Balaban J connectivity index is 1.76. The normalized spacial score (nSPS) is 10.9. The van der Waals surface area contributed by atoms with Crippen LogP contribution in [-0.2, 0) is 14.8 Å². The van der Waals surface area contributed by atoms with Gasteiger partial charge in [-0.05, 0) is 55.5 Å². The summed E-state index contributed by atoms with van der Waals surface area (Å²) in [5.74, 6) is -1.01. The Morgan fingerprint density at radius 3 is 2.35 bits per heavy atom. The summed E-state index contributed by atoms with van der Waals surface area (Å²) in [6.07, 6.45) is 0. The van der Waals surface area contributed by atoms with Gasteiger partial charge in [-0.3, -0.25) is 9.52 Å². The molecule has 0 saturated carbocycles. The second kappa shape index (κ2) is 9.63. The van der Waals surface area contributed by atoms with E-state index in [9.17, 15) is 18.0 Å².